The van der Waals surface area contributed by atoms with E-state index in [0.29, 0.717) is 23.4 Å². The van der Waals surface area contributed by atoms with Crippen LogP contribution in [-0.2, 0) is 26.0 Å². The highest BCUT2D eigenvalue weighted by molar-refractivity contribution is 7.92. The first-order valence-corrected chi connectivity index (χ1v) is 10.4. The molecule has 0 fully saturated rings. The number of hydrogen-bond donors (Lipinski definition) is 0. The molecule has 0 amide bonds. The number of para-hydroxylation sites is 1. The highest BCUT2D eigenvalue weighted by Gasteiger charge is 2.14. The SMILES string of the molecule is COc1ccccc1CCC(=O)OCC(=O)c1ccc(N(C)S(C)(=O)=O)cc1. The number of ketones is 1. The zero-order chi connectivity index (χ0) is 20.7. The fourth-order valence-corrected chi connectivity index (χ4v) is 3.00. The van der Waals surface area contributed by atoms with Gasteiger partial charge in [-0.25, -0.2) is 8.42 Å². The molecular weight excluding hydrogens is 382 g/mol. The lowest BCUT2D eigenvalue weighted by atomic mass is 10.1. The summed E-state index contributed by atoms with van der Waals surface area (Å²) in [4.78, 5) is 24.1. The van der Waals surface area contributed by atoms with Crippen LogP contribution >= 0.6 is 0 Å². The van der Waals surface area contributed by atoms with Crippen molar-refractivity contribution in [2.24, 2.45) is 0 Å². The summed E-state index contributed by atoms with van der Waals surface area (Å²) in [6.45, 7) is -0.369. The average molecular weight is 405 g/mol. The number of ether oxygens (including phenoxy) is 2. The van der Waals surface area contributed by atoms with Crippen molar-refractivity contribution in [1.82, 2.24) is 0 Å². The van der Waals surface area contributed by atoms with E-state index in [4.69, 9.17) is 9.47 Å². The van der Waals surface area contributed by atoms with Gasteiger partial charge in [0.2, 0.25) is 10.0 Å². The molecule has 0 unspecified atom stereocenters. The van der Waals surface area contributed by atoms with Gasteiger partial charge >= 0.3 is 5.97 Å². The molecule has 0 heterocycles. The molecule has 2 aromatic carbocycles. The Kier molecular flexibility index (Phi) is 7.17. The van der Waals surface area contributed by atoms with Crippen molar-refractivity contribution in [2.45, 2.75) is 12.8 Å². The molecule has 150 valence electrons. The molecule has 28 heavy (non-hydrogen) atoms. The van der Waals surface area contributed by atoms with E-state index in [-0.39, 0.29) is 18.8 Å². The minimum absolute atomic E-state index is 0.131. The number of hydrogen-bond acceptors (Lipinski definition) is 6. The van der Waals surface area contributed by atoms with Crippen molar-refractivity contribution in [2.75, 3.05) is 31.3 Å². The van der Waals surface area contributed by atoms with Crippen LogP contribution in [0.3, 0.4) is 0 Å². The fourth-order valence-electron chi connectivity index (χ4n) is 2.50. The Hall–Kier alpha value is -2.87. The summed E-state index contributed by atoms with van der Waals surface area (Å²) in [6.07, 6.45) is 1.67. The molecule has 0 saturated carbocycles. The minimum atomic E-state index is -3.37. The second-order valence-corrected chi connectivity index (χ2v) is 8.19. The van der Waals surface area contributed by atoms with Gasteiger partial charge in [0.05, 0.1) is 19.1 Å². The maximum Gasteiger partial charge on any atom is 0.306 e. The molecule has 0 radical (unpaired) electrons. The number of aryl methyl sites for hydroxylation is 1. The molecule has 0 aromatic heterocycles. The number of nitrogens with zero attached hydrogens (tertiary/aromatic N) is 1. The summed E-state index contributed by atoms with van der Waals surface area (Å²) < 4.78 is 34.4. The van der Waals surface area contributed by atoms with E-state index in [1.807, 2.05) is 24.3 Å². The predicted molar refractivity (Wildman–Crippen MR) is 106 cm³/mol. The molecule has 2 rings (SSSR count). The van der Waals surface area contributed by atoms with Gasteiger partial charge in [-0.2, -0.15) is 0 Å². The van der Waals surface area contributed by atoms with Gasteiger partial charge in [-0.3, -0.25) is 13.9 Å². The van der Waals surface area contributed by atoms with Crippen molar-refractivity contribution in [3.05, 3.63) is 59.7 Å². The second-order valence-electron chi connectivity index (χ2n) is 6.17. The molecule has 0 N–H and O–H groups in total. The third-order valence-corrected chi connectivity index (χ3v) is 5.41. The van der Waals surface area contributed by atoms with Crippen molar-refractivity contribution in [1.29, 1.82) is 0 Å². The van der Waals surface area contributed by atoms with Crippen molar-refractivity contribution in [3.8, 4) is 5.75 Å². The van der Waals surface area contributed by atoms with Crippen molar-refractivity contribution in [3.63, 3.8) is 0 Å². The lowest BCUT2D eigenvalue weighted by molar-refractivity contribution is -0.142. The number of benzene rings is 2. The molecule has 0 bridgehead atoms. The van der Waals surface area contributed by atoms with E-state index in [9.17, 15) is 18.0 Å². The van der Waals surface area contributed by atoms with Gasteiger partial charge in [-0.15, -0.1) is 0 Å². The second kappa shape index (κ2) is 9.36. The number of carbonyl (C=O) groups excluding carboxylic acids is 2. The lowest BCUT2D eigenvalue weighted by Crippen LogP contribution is -2.24. The Balaban J connectivity index is 1.87. The Morgan fingerprint density at radius 2 is 1.68 bits per heavy atom. The van der Waals surface area contributed by atoms with Gasteiger partial charge in [0.15, 0.2) is 12.4 Å². The van der Waals surface area contributed by atoms with Crippen LogP contribution in [0.1, 0.15) is 22.3 Å². The smallest absolute Gasteiger partial charge is 0.306 e. The van der Waals surface area contributed by atoms with Crippen molar-refractivity contribution >= 4 is 27.5 Å². The first kappa shape index (κ1) is 21.4. The molecule has 0 aliphatic heterocycles. The molecule has 0 saturated heterocycles. The topological polar surface area (TPSA) is 90.0 Å². The molecule has 2 aromatic rings. The molecule has 0 atom stereocenters. The van der Waals surface area contributed by atoms with Crippen molar-refractivity contribution < 1.29 is 27.5 Å². The Bertz CT molecular complexity index is 937. The average Bonchev–Trinajstić information content (AvgIpc) is 2.69. The summed E-state index contributed by atoms with van der Waals surface area (Å²) in [5.74, 6) is -0.141. The first-order chi connectivity index (χ1) is 13.2. The number of Topliss-reactive ketones (excluding diaryl/α,β-unsaturated/α-hetero) is 1. The van der Waals surface area contributed by atoms with Crippen LogP contribution in [0.5, 0.6) is 5.75 Å². The van der Waals surface area contributed by atoms with E-state index in [2.05, 4.69) is 0 Å². The van der Waals surface area contributed by atoms with Gasteiger partial charge in [0.1, 0.15) is 5.75 Å². The maximum absolute atomic E-state index is 12.2. The highest BCUT2D eigenvalue weighted by atomic mass is 32.2. The molecular formula is C20H23NO6S. The van der Waals surface area contributed by atoms with Crippen LogP contribution in [0.2, 0.25) is 0 Å². The normalized spacial score (nSPS) is 11.0. The molecule has 0 spiro atoms. The summed E-state index contributed by atoms with van der Waals surface area (Å²) in [7, 11) is -0.384. The number of methoxy groups -OCH3 is 1. The lowest BCUT2D eigenvalue weighted by Gasteiger charge is -2.16. The van der Waals surface area contributed by atoms with Crippen LogP contribution in [0.25, 0.3) is 0 Å². The molecule has 8 heteroatoms. The molecule has 0 aliphatic carbocycles. The van der Waals surface area contributed by atoms with Crippen LogP contribution < -0.4 is 9.04 Å². The zero-order valence-corrected chi connectivity index (χ0v) is 16.9. The third-order valence-electron chi connectivity index (χ3n) is 4.21. The number of rotatable bonds is 9. The zero-order valence-electron chi connectivity index (χ0n) is 16.0. The van der Waals surface area contributed by atoms with Gasteiger partial charge in [0, 0.05) is 19.0 Å². The highest BCUT2D eigenvalue weighted by Crippen LogP contribution is 2.19. The first-order valence-electron chi connectivity index (χ1n) is 8.57. The number of sulfonamides is 1. The number of esters is 1. The number of anilines is 1. The summed E-state index contributed by atoms with van der Waals surface area (Å²) >= 11 is 0. The van der Waals surface area contributed by atoms with E-state index >= 15 is 0 Å². The fraction of sp³-hybridized carbons (Fsp3) is 0.300. The Morgan fingerprint density at radius 3 is 2.29 bits per heavy atom. The quantitative estimate of drug-likeness (QED) is 0.470. The third kappa shape index (κ3) is 5.82. The van der Waals surface area contributed by atoms with E-state index < -0.39 is 16.0 Å². The molecule has 7 nitrogen and oxygen atoms in total. The van der Waals surface area contributed by atoms with Crippen LogP contribution in [0.15, 0.2) is 48.5 Å². The standard InChI is InChI=1S/C20H23NO6S/c1-21(28(3,24)25)17-11-8-15(9-12-17)18(22)14-27-20(23)13-10-16-6-4-5-7-19(16)26-2/h4-9,11-12H,10,13-14H2,1-3H3. The van der Waals surface area contributed by atoms with E-state index in [0.717, 1.165) is 16.1 Å². The summed E-state index contributed by atoms with van der Waals surface area (Å²) in [5, 5.41) is 0. The summed E-state index contributed by atoms with van der Waals surface area (Å²) in [6, 6.07) is 13.4. The Morgan fingerprint density at radius 1 is 1.04 bits per heavy atom. The van der Waals surface area contributed by atoms with Crippen LogP contribution in [0.4, 0.5) is 5.69 Å². The van der Waals surface area contributed by atoms with E-state index in [1.165, 1.54) is 31.3 Å². The maximum atomic E-state index is 12.2. The largest absolute Gasteiger partial charge is 0.496 e. The van der Waals surface area contributed by atoms with Gasteiger partial charge in [0.25, 0.3) is 0 Å². The van der Waals surface area contributed by atoms with E-state index in [1.54, 1.807) is 7.11 Å². The van der Waals surface area contributed by atoms with Gasteiger partial charge in [-0.1, -0.05) is 18.2 Å². The minimum Gasteiger partial charge on any atom is -0.496 e. The van der Waals surface area contributed by atoms with Gasteiger partial charge < -0.3 is 9.47 Å². The van der Waals surface area contributed by atoms with Gasteiger partial charge in [-0.05, 0) is 42.3 Å². The van der Waals surface area contributed by atoms with Crippen LogP contribution in [0, 0.1) is 0 Å². The Labute approximate surface area is 164 Å². The molecule has 0 aliphatic rings. The predicted octanol–water partition coefficient (Wildman–Crippen LogP) is 2.45. The monoisotopic (exact) mass is 405 g/mol. The summed E-state index contributed by atoms with van der Waals surface area (Å²) in [5.41, 5.74) is 1.66. The van der Waals surface area contributed by atoms with Crippen LogP contribution in [-0.4, -0.2) is 47.2 Å². The number of carbonyl (C=O) groups is 2.